The zero-order valence-corrected chi connectivity index (χ0v) is 16.6. The van der Waals surface area contributed by atoms with E-state index in [4.69, 9.17) is 16.7 Å². The fourth-order valence-corrected chi connectivity index (χ4v) is 3.98. The largest absolute Gasteiger partial charge is 0.395 e. The van der Waals surface area contributed by atoms with E-state index in [0.717, 1.165) is 35.5 Å². The van der Waals surface area contributed by atoms with Crippen molar-refractivity contribution in [1.82, 2.24) is 14.8 Å². The zero-order chi connectivity index (χ0) is 19.9. The molecular formula is C21H22ClFN4O. The van der Waals surface area contributed by atoms with Crippen LogP contribution in [0.3, 0.4) is 0 Å². The summed E-state index contributed by atoms with van der Waals surface area (Å²) in [6.07, 6.45) is 1.92. The molecular weight excluding hydrogens is 379 g/mol. The van der Waals surface area contributed by atoms with Gasteiger partial charge in [0.2, 0.25) is 0 Å². The normalized spacial score (nSPS) is 14.9. The first-order valence-electron chi connectivity index (χ1n) is 9.24. The van der Waals surface area contributed by atoms with Crippen LogP contribution in [0.5, 0.6) is 0 Å². The van der Waals surface area contributed by atoms with Crippen LogP contribution in [0.25, 0.3) is 11.4 Å². The lowest BCUT2D eigenvalue weighted by atomic mass is 9.95. The maximum atomic E-state index is 13.3. The molecule has 0 bridgehead atoms. The summed E-state index contributed by atoms with van der Waals surface area (Å²) in [5.74, 6) is 1.33. The molecule has 3 aromatic rings. The van der Waals surface area contributed by atoms with Gasteiger partial charge >= 0.3 is 0 Å². The second-order valence-corrected chi connectivity index (χ2v) is 7.71. The number of halogens is 2. The van der Waals surface area contributed by atoms with Crippen molar-refractivity contribution in [1.29, 1.82) is 0 Å². The lowest BCUT2D eigenvalue weighted by Crippen LogP contribution is -2.21. The van der Waals surface area contributed by atoms with Crippen molar-refractivity contribution in [3.8, 4) is 11.4 Å². The summed E-state index contributed by atoms with van der Waals surface area (Å²) in [6.45, 7) is 0.609. The monoisotopic (exact) mass is 400 g/mol. The minimum Gasteiger partial charge on any atom is -0.395 e. The summed E-state index contributed by atoms with van der Waals surface area (Å²) in [5, 5.41) is 18.6. The maximum Gasteiger partial charge on any atom is 0.165 e. The standard InChI is InChI=1S/C21H22ClFN4O/c1-26(11-12-28)16-7-8-17(18(22)13-16)19-24-25-20(27(19)2)21(9-10-21)14-3-5-15(23)6-4-14/h3-8,13,28H,9-12H2,1-2H3. The van der Waals surface area contributed by atoms with E-state index in [2.05, 4.69) is 10.2 Å². The third-order valence-electron chi connectivity index (χ3n) is 5.52. The molecule has 0 aliphatic heterocycles. The van der Waals surface area contributed by atoms with Gasteiger partial charge in [0.25, 0.3) is 0 Å². The van der Waals surface area contributed by atoms with Crippen molar-refractivity contribution in [2.75, 3.05) is 25.1 Å². The molecule has 28 heavy (non-hydrogen) atoms. The van der Waals surface area contributed by atoms with Crippen molar-refractivity contribution in [2.45, 2.75) is 18.3 Å². The Morgan fingerprint density at radius 2 is 1.89 bits per heavy atom. The number of likely N-dealkylation sites (N-methyl/N-ethyl adjacent to an activating group) is 1. The summed E-state index contributed by atoms with van der Waals surface area (Å²) < 4.78 is 15.3. The predicted molar refractivity (Wildman–Crippen MR) is 108 cm³/mol. The summed E-state index contributed by atoms with van der Waals surface area (Å²) in [4.78, 5) is 1.94. The average molecular weight is 401 g/mol. The fourth-order valence-electron chi connectivity index (χ4n) is 3.72. The molecule has 0 saturated heterocycles. The Labute approximate surface area is 168 Å². The molecule has 2 aromatic carbocycles. The molecule has 0 amide bonds. The van der Waals surface area contributed by atoms with Crippen LogP contribution in [0.15, 0.2) is 42.5 Å². The Bertz CT molecular complexity index is 998. The predicted octanol–water partition coefficient (Wildman–Crippen LogP) is 3.78. The number of rotatable bonds is 6. The summed E-state index contributed by atoms with van der Waals surface area (Å²) >= 11 is 6.54. The molecule has 1 N–H and O–H groups in total. The zero-order valence-electron chi connectivity index (χ0n) is 15.9. The minimum atomic E-state index is -0.240. The number of anilines is 1. The molecule has 146 valence electrons. The highest BCUT2D eigenvalue weighted by Gasteiger charge is 2.50. The van der Waals surface area contributed by atoms with Gasteiger partial charge in [-0.3, -0.25) is 0 Å². The molecule has 0 spiro atoms. The van der Waals surface area contributed by atoms with Gasteiger partial charge in [0.05, 0.1) is 17.0 Å². The van der Waals surface area contributed by atoms with Gasteiger partial charge in [0.15, 0.2) is 5.82 Å². The fraction of sp³-hybridized carbons (Fsp3) is 0.333. The Kier molecular flexibility index (Phi) is 4.85. The van der Waals surface area contributed by atoms with Gasteiger partial charge in [-0.15, -0.1) is 10.2 Å². The van der Waals surface area contributed by atoms with Crippen LogP contribution in [-0.2, 0) is 12.5 Å². The van der Waals surface area contributed by atoms with Crippen molar-refractivity contribution in [3.63, 3.8) is 0 Å². The number of aliphatic hydroxyl groups is 1. The Morgan fingerprint density at radius 3 is 2.50 bits per heavy atom. The first-order valence-corrected chi connectivity index (χ1v) is 9.62. The van der Waals surface area contributed by atoms with Crippen molar-refractivity contribution in [2.24, 2.45) is 7.05 Å². The topological polar surface area (TPSA) is 54.2 Å². The smallest absolute Gasteiger partial charge is 0.165 e. The number of aromatic nitrogens is 3. The van der Waals surface area contributed by atoms with E-state index in [1.807, 2.05) is 53.9 Å². The molecule has 0 unspecified atom stereocenters. The van der Waals surface area contributed by atoms with Crippen LogP contribution in [0.1, 0.15) is 24.2 Å². The molecule has 5 nitrogen and oxygen atoms in total. The maximum absolute atomic E-state index is 13.3. The highest BCUT2D eigenvalue weighted by molar-refractivity contribution is 6.33. The second kappa shape index (κ2) is 7.18. The SMILES string of the molecule is CN(CCO)c1ccc(-c2nnc(C3(c4ccc(F)cc4)CC3)n2C)c(Cl)c1. The molecule has 1 aliphatic rings. The molecule has 1 fully saturated rings. The molecule has 0 atom stereocenters. The van der Waals surface area contributed by atoms with Gasteiger partial charge in [-0.05, 0) is 48.7 Å². The van der Waals surface area contributed by atoms with Gasteiger partial charge in [-0.25, -0.2) is 4.39 Å². The Balaban J connectivity index is 1.69. The number of aliphatic hydroxyl groups excluding tert-OH is 1. The van der Waals surface area contributed by atoms with Crippen molar-refractivity contribution in [3.05, 3.63) is 64.7 Å². The van der Waals surface area contributed by atoms with E-state index in [0.29, 0.717) is 17.4 Å². The first kappa shape index (κ1) is 18.9. The van der Waals surface area contributed by atoms with E-state index in [-0.39, 0.29) is 17.8 Å². The number of hydrogen-bond acceptors (Lipinski definition) is 4. The highest BCUT2D eigenvalue weighted by Crippen LogP contribution is 2.53. The van der Waals surface area contributed by atoms with Crippen LogP contribution >= 0.6 is 11.6 Å². The summed E-state index contributed by atoms with van der Waals surface area (Å²) in [5.41, 5.74) is 2.58. The average Bonchev–Trinajstić information content (AvgIpc) is 3.39. The van der Waals surface area contributed by atoms with E-state index in [9.17, 15) is 4.39 Å². The van der Waals surface area contributed by atoms with Gasteiger partial charge in [0, 0.05) is 31.9 Å². The van der Waals surface area contributed by atoms with Crippen molar-refractivity contribution >= 4 is 17.3 Å². The van der Waals surface area contributed by atoms with Crippen LogP contribution in [0, 0.1) is 5.82 Å². The van der Waals surface area contributed by atoms with E-state index in [1.54, 1.807) is 0 Å². The Hall–Kier alpha value is -2.44. The summed E-state index contributed by atoms with van der Waals surface area (Å²) in [6, 6.07) is 12.4. The molecule has 7 heteroatoms. The molecule has 1 aromatic heterocycles. The van der Waals surface area contributed by atoms with Gasteiger partial charge in [-0.2, -0.15) is 0 Å². The van der Waals surface area contributed by atoms with Crippen LogP contribution in [-0.4, -0.2) is 40.1 Å². The third kappa shape index (κ3) is 3.16. The number of hydrogen-bond donors (Lipinski definition) is 1. The van der Waals surface area contributed by atoms with Gasteiger partial charge < -0.3 is 14.6 Å². The van der Waals surface area contributed by atoms with E-state index in [1.165, 1.54) is 12.1 Å². The van der Waals surface area contributed by atoms with E-state index < -0.39 is 0 Å². The molecule has 1 aliphatic carbocycles. The van der Waals surface area contributed by atoms with Crippen molar-refractivity contribution < 1.29 is 9.50 Å². The third-order valence-corrected chi connectivity index (χ3v) is 5.83. The molecule has 1 heterocycles. The molecule has 0 radical (unpaired) electrons. The van der Waals surface area contributed by atoms with E-state index >= 15 is 0 Å². The molecule has 1 saturated carbocycles. The van der Waals surface area contributed by atoms with Gasteiger partial charge in [-0.1, -0.05) is 23.7 Å². The highest BCUT2D eigenvalue weighted by atomic mass is 35.5. The second-order valence-electron chi connectivity index (χ2n) is 7.30. The van der Waals surface area contributed by atoms with Crippen LogP contribution < -0.4 is 4.90 Å². The number of nitrogens with zero attached hydrogens (tertiary/aromatic N) is 4. The summed E-state index contributed by atoms with van der Waals surface area (Å²) in [7, 11) is 3.85. The van der Waals surface area contributed by atoms with Crippen LogP contribution in [0.4, 0.5) is 10.1 Å². The Morgan fingerprint density at radius 1 is 1.18 bits per heavy atom. The van der Waals surface area contributed by atoms with Gasteiger partial charge in [0.1, 0.15) is 11.6 Å². The lowest BCUT2D eigenvalue weighted by Gasteiger charge is -2.19. The van der Waals surface area contributed by atoms with Crippen LogP contribution in [0.2, 0.25) is 5.02 Å². The number of benzene rings is 2. The molecule has 4 rings (SSSR count). The quantitative estimate of drug-likeness (QED) is 0.684. The minimum absolute atomic E-state index is 0.0774. The lowest BCUT2D eigenvalue weighted by molar-refractivity contribution is 0.304. The first-order chi connectivity index (χ1) is 13.5.